The molecule has 2 unspecified atom stereocenters. The minimum atomic E-state index is -1.46. The maximum atomic E-state index is 12.3. The minimum Gasteiger partial charge on any atom is -0.464 e. The highest BCUT2D eigenvalue weighted by atomic mass is 16.5. The SMILES string of the molecule is COC(=O)c1ncccc1C(O)C(O)CNC(=O)OCC1c2ccccc2-c2ccccc21. The van der Waals surface area contributed by atoms with E-state index in [1.165, 1.54) is 25.4 Å². The summed E-state index contributed by atoms with van der Waals surface area (Å²) in [6.07, 6.45) is -2.19. The van der Waals surface area contributed by atoms with Crippen LogP contribution in [0.5, 0.6) is 0 Å². The molecule has 0 spiro atoms. The van der Waals surface area contributed by atoms with E-state index in [-0.39, 0.29) is 30.3 Å². The summed E-state index contributed by atoms with van der Waals surface area (Å²) in [6, 6.07) is 19.0. The number of alkyl carbamates (subject to hydrolysis) is 1. The van der Waals surface area contributed by atoms with Crippen LogP contribution in [-0.2, 0) is 9.47 Å². The number of fused-ring (bicyclic) bond motifs is 3. The van der Waals surface area contributed by atoms with Crippen molar-refractivity contribution in [2.45, 2.75) is 18.1 Å². The highest BCUT2D eigenvalue weighted by Crippen LogP contribution is 2.44. The number of carbonyl (C=O) groups is 2. The van der Waals surface area contributed by atoms with Crippen LogP contribution in [-0.4, -0.2) is 53.6 Å². The molecule has 0 fully saturated rings. The lowest BCUT2D eigenvalue weighted by molar-refractivity contribution is 0.0169. The molecule has 1 amide bonds. The number of aliphatic hydroxyl groups is 2. The molecule has 0 saturated carbocycles. The van der Waals surface area contributed by atoms with E-state index in [4.69, 9.17) is 4.74 Å². The van der Waals surface area contributed by atoms with Gasteiger partial charge in [0.2, 0.25) is 0 Å². The summed E-state index contributed by atoms with van der Waals surface area (Å²) in [7, 11) is 1.20. The van der Waals surface area contributed by atoms with E-state index in [2.05, 4.69) is 15.0 Å². The van der Waals surface area contributed by atoms with Gasteiger partial charge in [0.05, 0.1) is 7.11 Å². The van der Waals surface area contributed by atoms with Crippen molar-refractivity contribution in [2.24, 2.45) is 0 Å². The molecule has 8 nitrogen and oxygen atoms in total. The Morgan fingerprint density at radius 3 is 2.27 bits per heavy atom. The van der Waals surface area contributed by atoms with E-state index in [1.807, 2.05) is 48.5 Å². The lowest BCUT2D eigenvalue weighted by Gasteiger charge is -2.20. The van der Waals surface area contributed by atoms with Crippen LogP contribution in [0, 0.1) is 0 Å². The van der Waals surface area contributed by atoms with Crippen LogP contribution in [0.15, 0.2) is 66.9 Å². The number of benzene rings is 2. The lowest BCUT2D eigenvalue weighted by Crippen LogP contribution is -2.36. The van der Waals surface area contributed by atoms with Crippen molar-refractivity contribution in [1.29, 1.82) is 0 Å². The second kappa shape index (κ2) is 9.81. The number of pyridine rings is 1. The number of amides is 1. The second-order valence-electron chi connectivity index (χ2n) is 7.65. The van der Waals surface area contributed by atoms with E-state index < -0.39 is 24.3 Å². The molecule has 1 heterocycles. The number of hydrogen-bond donors (Lipinski definition) is 3. The van der Waals surface area contributed by atoms with Crippen molar-refractivity contribution in [1.82, 2.24) is 10.3 Å². The predicted molar refractivity (Wildman–Crippen MR) is 120 cm³/mol. The van der Waals surface area contributed by atoms with Crippen LogP contribution in [0.4, 0.5) is 4.79 Å². The van der Waals surface area contributed by atoms with Crippen LogP contribution < -0.4 is 5.32 Å². The average Bonchev–Trinajstić information content (AvgIpc) is 3.18. The quantitative estimate of drug-likeness (QED) is 0.476. The van der Waals surface area contributed by atoms with Gasteiger partial charge in [-0.25, -0.2) is 14.6 Å². The van der Waals surface area contributed by atoms with Gasteiger partial charge < -0.3 is 25.0 Å². The summed E-state index contributed by atoms with van der Waals surface area (Å²) in [5, 5.41) is 23.3. The minimum absolute atomic E-state index is 0.0864. The van der Waals surface area contributed by atoms with Crippen LogP contribution in [0.1, 0.15) is 39.2 Å². The summed E-state index contributed by atoms with van der Waals surface area (Å²) < 4.78 is 10.1. The molecule has 1 aromatic heterocycles. The molecule has 1 aliphatic rings. The van der Waals surface area contributed by atoms with E-state index in [0.717, 1.165) is 22.3 Å². The van der Waals surface area contributed by atoms with E-state index in [0.29, 0.717) is 0 Å². The Kier molecular flexibility index (Phi) is 6.67. The number of ether oxygens (including phenoxy) is 2. The molecule has 3 aromatic rings. The van der Waals surface area contributed by atoms with Gasteiger partial charge in [-0.3, -0.25) is 0 Å². The fourth-order valence-corrected chi connectivity index (χ4v) is 4.08. The van der Waals surface area contributed by atoms with Gasteiger partial charge in [0.15, 0.2) is 5.69 Å². The molecule has 0 aliphatic heterocycles. The van der Waals surface area contributed by atoms with Gasteiger partial charge in [0.1, 0.15) is 18.8 Å². The number of esters is 1. The van der Waals surface area contributed by atoms with Crippen molar-refractivity contribution >= 4 is 12.1 Å². The maximum Gasteiger partial charge on any atom is 0.407 e. The Morgan fingerprint density at radius 2 is 1.64 bits per heavy atom. The molecule has 1 aliphatic carbocycles. The van der Waals surface area contributed by atoms with E-state index >= 15 is 0 Å². The van der Waals surface area contributed by atoms with Crippen LogP contribution in [0.2, 0.25) is 0 Å². The number of nitrogens with one attached hydrogen (secondary N) is 1. The van der Waals surface area contributed by atoms with Gasteiger partial charge in [-0.1, -0.05) is 54.6 Å². The molecule has 2 atom stereocenters. The largest absolute Gasteiger partial charge is 0.464 e. The van der Waals surface area contributed by atoms with Gasteiger partial charge in [0, 0.05) is 24.2 Å². The third kappa shape index (κ3) is 4.57. The third-order valence-electron chi connectivity index (χ3n) is 5.70. The molecule has 3 N–H and O–H groups in total. The Hall–Kier alpha value is -3.75. The molecular formula is C25H24N2O6. The number of aliphatic hydroxyl groups excluding tert-OH is 2. The van der Waals surface area contributed by atoms with Crippen molar-refractivity contribution in [2.75, 3.05) is 20.3 Å². The van der Waals surface area contributed by atoms with Gasteiger partial charge in [-0.2, -0.15) is 0 Å². The number of carbonyl (C=O) groups excluding carboxylic acids is 2. The number of aromatic nitrogens is 1. The molecule has 2 aromatic carbocycles. The number of methoxy groups -OCH3 is 1. The first-order valence-electron chi connectivity index (χ1n) is 10.5. The molecule has 8 heteroatoms. The Morgan fingerprint density at radius 1 is 1.00 bits per heavy atom. The summed E-state index contributed by atoms with van der Waals surface area (Å²) in [4.78, 5) is 28.0. The summed E-state index contributed by atoms with van der Waals surface area (Å²) in [5.41, 5.74) is 4.43. The normalized spacial score (nSPS) is 14.0. The first-order chi connectivity index (χ1) is 16.0. The summed E-state index contributed by atoms with van der Waals surface area (Å²) in [5.74, 6) is -0.821. The zero-order valence-electron chi connectivity index (χ0n) is 18.0. The monoisotopic (exact) mass is 448 g/mol. The highest BCUT2D eigenvalue weighted by molar-refractivity contribution is 5.88. The van der Waals surface area contributed by atoms with Gasteiger partial charge in [-0.15, -0.1) is 0 Å². The van der Waals surface area contributed by atoms with Crippen molar-refractivity contribution < 1.29 is 29.3 Å². The van der Waals surface area contributed by atoms with Crippen molar-refractivity contribution in [3.8, 4) is 11.1 Å². The molecule has 4 rings (SSSR count). The zero-order chi connectivity index (χ0) is 23.4. The van der Waals surface area contributed by atoms with Gasteiger partial charge >= 0.3 is 12.1 Å². The summed E-state index contributed by atoms with van der Waals surface area (Å²) >= 11 is 0. The fourth-order valence-electron chi connectivity index (χ4n) is 4.08. The standard InChI is InChI=1S/C25H24N2O6/c1-32-24(30)22-19(11-6-12-26-22)23(29)21(28)13-27-25(31)33-14-20-17-9-4-2-7-15(17)16-8-3-5-10-18(16)20/h2-12,20-21,23,28-29H,13-14H2,1H3,(H,27,31). The molecule has 170 valence electrons. The van der Waals surface area contributed by atoms with Crippen LogP contribution >= 0.6 is 0 Å². The number of nitrogens with zero attached hydrogens (tertiary/aromatic N) is 1. The number of hydrogen-bond acceptors (Lipinski definition) is 7. The van der Waals surface area contributed by atoms with Crippen molar-refractivity contribution in [3.05, 3.63) is 89.2 Å². The topological polar surface area (TPSA) is 118 Å². The Balaban J connectivity index is 1.36. The number of rotatable bonds is 7. The molecule has 0 bridgehead atoms. The lowest BCUT2D eigenvalue weighted by atomic mass is 9.98. The molecular weight excluding hydrogens is 424 g/mol. The van der Waals surface area contributed by atoms with Gasteiger partial charge in [0.25, 0.3) is 0 Å². The summed E-state index contributed by atoms with van der Waals surface area (Å²) in [6.45, 7) is -0.152. The van der Waals surface area contributed by atoms with Crippen molar-refractivity contribution in [3.63, 3.8) is 0 Å². The smallest absolute Gasteiger partial charge is 0.407 e. The van der Waals surface area contributed by atoms with Crippen LogP contribution in [0.25, 0.3) is 11.1 Å². The molecule has 33 heavy (non-hydrogen) atoms. The Labute approximate surface area is 190 Å². The zero-order valence-corrected chi connectivity index (χ0v) is 18.0. The van der Waals surface area contributed by atoms with Crippen LogP contribution in [0.3, 0.4) is 0 Å². The van der Waals surface area contributed by atoms with Gasteiger partial charge in [-0.05, 0) is 28.3 Å². The molecule has 0 radical (unpaired) electrons. The third-order valence-corrected chi connectivity index (χ3v) is 5.70. The second-order valence-corrected chi connectivity index (χ2v) is 7.65. The predicted octanol–water partition coefficient (Wildman–Crippen LogP) is 2.80. The Bertz CT molecular complexity index is 1120. The first kappa shape index (κ1) is 22.4. The highest BCUT2D eigenvalue weighted by Gasteiger charge is 2.29. The maximum absolute atomic E-state index is 12.3. The first-order valence-corrected chi connectivity index (χ1v) is 10.5. The van der Waals surface area contributed by atoms with E-state index in [9.17, 15) is 19.8 Å². The fraction of sp³-hybridized carbons (Fsp3) is 0.240. The molecule has 0 saturated heterocycles. The average molecular weight is 448 g/mol. The van der Waals surface area contributed by atoms with E-state index in [1.54, 1.807) is 0 Å².